The van der Waals surface area contributed by atoms with Crippen LogP contribution in [0, 0.1) is 13.8 Å². The zero-order valence-corrected chi connectivity index (χ0v) is 8.93. The van der Waals surface area contributed by atoms with Crippen LogP contribution in [0.25, 0.3) is 11.3 Å². The van der Waals surface area contributed by atoms with Gasteiger partial charge >= 0.3 is 0 Å². The Balaban J connectivity index is 2.52. The number of hydrogen-bond donors (Lipinski definition) is 1. The second kappa shape index (κ2) is 3.38. The van der Waals surface area contributed by atoms with E-state index in [1.807, 2.05) is 25.3 Å². The molecule has 0 aromatic carbocycles. The molecule has 0 radical (unpaired) electrons. The van der Waals surface area contributed by atoms with E-state index in [4.69, 9.17) is 5.73 Å². The zero-order chi connectivity index (χ0) is 10.1. The van der Waals surface area contributed by atoms with Crippen molar-refractivity contribution in [1.82, 2.24) is 9.97 Å². The van der Waals surface area contributed by atoms with Gasteiger partial charge in [-0.15, -0.1) is 11.3 Å². The van der Waals surface area contributed by atoms with Crippen LogP contribution in [0.5, 0.6) is 0 Å². The number of anilines is 1. The normalized spacial score (nSPS) is 10.4. The molecule has 0 amide bonds. The summed E-state index contributed by atoms with van der Waals surface area (Å²) in [6.45, 7) is 3.94. The summed E-state index contributed by atoms with van der Waals surface area (Å²) < 4.78 is 0. The van der Waals surface area contributed by atoms with Crippen molar-refractivity contribution in [1.29, 1.82) is 0 Å². The van der Waals surface area contributed by atoms with Crippen LogP contribution in [-0.4, -0.2) is 9.97 Å². The van der Waals surface area contributed by atoms with Crippen LogP contribution in [0.4, 0.5) is 5.82 Å². The van der Waals surface area contributed by atoms with Crippen LogP contribution in [0.2, 0.25) is 0 Å². The molecule has 2 aromatic rings. The second-order valence-corrected chi connectivity index (χ2v) is 4.18. The second-order valence-electron chi connectivity index (χ2n) is 3.12. The maximum Gasteiger partial charge on any atom is 0.123 e. The highest BCUT2D eigenvalue weighted by atomic mass is 32.1. The van der Waals surface area contributed by atoms with Gasteiger partial charge in [0.1, 0.15) is 5.82 Å². The van der Waals surface area contributed by atoms with Crippen molar-refractivity contribution in [3.63, 3.8) is 0 Å². The molecule has 0 aliphatic rings. The van der Waals surface area contributed by atoms with Crippen molar-refractivity contribution >= 4 is 17.2 Å². The lowest BCUT2D eigenvalue weighted by Gasteiger charge is -2.01. The minimum Gasteiger partial charge on any atom is -0.384 e. The third-order valence-electron chi connectivity index (χ3n) is 2.00. The molecule has 14 heavy (non-hydrogen) atoms. The average Bonchev–Trinajstić information content (AvgIpc) is 2.51. The predicted molar refractivity (Wildman–Crippen MR) is 59.2 cm³/mol. The van der Waals surface area contributed by atoms with Crippen molar-refractivity contribution in [3.8, 4) is 11.3 Å². The van der Waals surface area contributed by atoms with Crippen LogP contribution in [0.15, 0.2) is 17.5 Å². The Kier molecular flexibility index (Phi) is 2.21. The van der Waals surface area contributed by atoms with Gasteiger partial charge in [0.05, 0.1) is 10.7 Å². The summed E-state index contributed by atoms with van der Waals surface area (Å²) in [7, 11) is 0. The molecule has 0 fully saturated rings. The summed E-state index contributed by atoms with van der Waals surface area (Å²) in [5, 5.41) is 3.10. The van der Waals surface area contributed by atoms with E-state index in [2.05, 4.69) is 9.97 Å². The standard InChI is InChI=1S/C10H11N3S/c1-6-8(3-4-10(11)12-6)9-5-14-7(2)13-9/h3-5H,1-2H3,(H2,11,12). The summed E-state index contributed by atoms with van der Waals surface area (Å²) >= 11 is 1.64. The van der Waals surface area contributed by atoms with Gasteiger partial charge in [-0.3, -0.25) is 0 Å². The number of aryl methyl sites for hydroxylation is 2. The Bertz CT molecular complexity index is 462. The summed E-state index contributed by atoms with van der Waals surface area (Å²) in [5.74, 6) is 0.554. The summed E-state index contributed by atoms with van der Waals surface area (Å²) in [6.07, 6.45) is 0. The topological polar surface area (TPSA) is 51.8 Å². The molecule has 0 spiro atoms. The first kappa shape index (κ1) is 9.15. The van der Waals surface area contributed by atoms with E-state index >= 15 is 0 Å². The van der Waals surface area contributed by atoms with Crippen molar-refractivity contribution < 1.29 is 0 Å². The molecule has 2 heterocycles. The Morgan fingerprint density at radius 1 is 1.21 bits per heavy atom. The molecule has 2 rings (SSSR count). The molecular weight excluding hydrogens is 194 g/mol. The predicted octanol–water partition coefficient (Wildman–Crippen LogP) is 2.40. The smallest absolute Gasteiger partial charge is 0.123 e. The third kappa shape index (κ3) is 1.61. The molecular formula is C10H11N3S. The summed E-state index contributed by atoms with van der Waals surface area (Å²) in [4.78, 5) is 8.61. The molecule has 0 saturated carbocycles. The van der Waals surface area contributed by atoms with Crippen LogP contribution >= 0.6 is 11.3 Å². The van der Waals surface area contributed by atoms with Gasteiger partial charge < -0.3 is 5.73 Å². The molecule has 2 aromatic heterocycles. The molecule has 3 nitrogen and oxygen atoms in total. The molecule has 4 heteroatoms. The largest absolute Gasteiger partial charge is 0.384 e. The van der Waals surface area contributed by atoms with Gasteiger partial charge in [-0.1, -0.05) is 0 Å². The first-order chi connectivity index (χ1) is 6.66. The third-order valence-corrected chi connectivity index (χ3v) is 2.78. The number of nitrogen functional groups attached to an aromatic ring is 1. The van der Waals surface area contributed by atoms with E-state index < -0.39 is 0 Å². The molecule has 2 N–H and O–H groups in total. The van der Waals surface area contributed by atoms with E-state index in [0.29, 0.717) is 5.82 Å². The first-order valence-electron chi connectivity index (χ1n) is 4.32. The van der Waals surface area contributed by atoms with Crippen LogP contribution in [0.1, 0.15) is 10.7 Å². The number of nitrogens with two attached hydrogens (primary N) is 1. The number of aromatic nitrogens is 2. The minimum absolute atomic E-state index is 0.554. The van der Waals surface area contributed by atoms with Gasteiger partial charge in [-0.25, -0.2) is 9.97 Å². The Morgan fingerprint density at radius 2 is 2.00 bits per heavy atom. The van der Waals surface area contributed by atoms with E-state index in [1.54, 1.807) is 17.4 Å². The first-order valence-corrected chi connectivity index (χ1v) is 5.20. The quantitative estimate of drug-likeness (QED) is 0.777. The minimum atomic E-state index is 0.554. The molecule has 0 bridgehead atoms. The number of thiazole rings is 1. The average molecular weight is 205 g/mol. The molecule has 0 aliphatic carbocycles. The summed E-state index contributed by atoms with van der Waals surface area (Å²) in [6, 6.07) is 3.77. The Labute approximate surface area is 86.6 Å². The monoisotopic (exact) mass is 205 g/mol. The fourth-order valence-corrected chi connectivity index (χ4v) is 1.95. The molecule has 0 unspecified atom stereocenters. The van der Waals surface area contributed by atoms with Crippen molar-refractivity contribution in [2.24, 2.45) is 0 Å². The maximum absolute atomic E-state index is 5.58. The van der Waals surface area contributed by atoms with Crippen molar-refractivity contribution in [3.05, 3.63) is 28.2 Å². The van der Waals surface area contributed by atoms with E-state index in [9.17, 15) is 0 Å². The lowest BCUT2D eigenvalue weighted by atomic mass is 10.1. The van der Waals surface area contributed by atoms with Gasteiger partial charge in [0, 0.05) is 16.6 Å². The Morgan fingerprint density at radius 3 is 2.57 bits per heavy atom. The molecule has 0 aliphatic heterocycles. The van der Waals surface area contributed by atoms with Gasteiger partial charge in [0.2, 0.25) is 0 Å². The van der Waals surface area contributed by atoms with Gasteiger partial charge in [0.25, 0.3) is 0 Å². The SMILES string of the molecule is Cc1nc(-c2ccc(N)nc2C)cs1. The fourth-order valence-electron chi connectivity index (χ4n) is 1.34. The number of nitrogens with zero attached hydrogens (tertiary/aromatic N) is 2. The summed E-state index contributed by atoms with van der Waals surface area (Å²) in [5.41, 5.74) is 8.55. The Hall–Kier alpha value is -1.42. The van der Waals surface area contributed by atoms with Crippen LogP contribution in [-0.2, 0) is 0 Å². The maximum atomic E-state index is 5.58. The molecule has 72 valence electrons. The lowest BCUT2D eigenvalue weighted by Crippen LogP contribution is -1.94. The van der Waals surface area contributed by atoms with E-state index in [0.717, 1.165) is 22.0 Å². The number of rotatable bonds is 1. The van der Waals surface area contributed by atoms with Crippen LogP contribution < -0.4 is 5.73 Å². The van der Waals surface area contributed by atoms with Crippen molar-refractivity contribution in [2.45, 2.75) is 13.8 Å². The van der Waals surface area contributed by atoms with E-state index in [-0.39, 0.29) is 0 Å². The number of hydrogen-bond acceptors (Lipinski definition) is 4. The highest BCUT2D eigenvalue weighted by Gasteiger charge is 2.06. The number of pyridine rings is 1. The van der Waals surface area contributed by atoms with Gasteiger partial charge in [-0.2, -0.15) is 0 Å². The van der Waals surface area contributed by atoms with Gasteiger partial charge in [0.15, 0.2) is 0 Å². The fraction of sp³-hybridized carbons (Fsp3) is 0.200. The van der Waals surface area contributed by atoms with Gasteiger partial charge in [-0.05, 0) is 26.0 Å². The molecule has 0 atom stereocenters. The van der Waals surface area contributed by atoms with E-state index in [1.165, 1.54) is 0 Å². The van der Waals surface area contributed by atoms with Crippen molar-refractivity contribution in [2.75, 3.05) is 5.73 Å². The zero-order valence-electron chi connectivity index (χ0n) is 8.11. The highest BCUT2D eigenvalue weighted by molar-refractivity contribution is 7.09. The van der Waals surface area contributed by atoms with Crippen LogP contribution in [0.3, 0.4) is 0 Å². The molecule has 0 saturated heterocycles. The highest BCUT2D eigenvalue weighted by Crippen LogP contribution is 2.24. The lowest BCUT2D eigenvalue weighted by molar-refractivity contribution is 1.19.